The molecule has 0 spiro atoms. The van der Waals surface area contributed by atoms with Gasteiger partial charge in [-0.05, 0) is 32.9 Å². The summed E-state index contributed by atoms with van der Waals surface area (Å²) in [5, 5.41) is 20.9. The Bertz CT molecular complexity index is 811. The van der Waals surface area contributed by atoms with Gasteiger partial charge in [-0.2, -0.15) is 0 Å². The van der Waals surface area contributed by atoms with E-state index in [1.807, 2.05) is 0 Å². The number of aliphatic imine (C=N–C) groups is 1. The maximum Gasteiger partial charge on any atom is 0.416 e. The molecule has 0 radical (unpaired) electrons. The Kier molecular flexibility index (Phi) is 6.71. The van der Waals surface area contributed by atoms with Crippen molar-refractivity contribution in [3.05, 3.63) is 35.9 Å². The predicted octanol–water partition coefficient (Wildman–Crippen LogP) is 1.63. The van der Waals surface area contributed by atoms with Gasteiger partial charge >= 0.3 is 12.1 Å². The molecule has 2 aliphatic rings. The molecule has 2 N–H and O–H groups in total. The standard InChI is InChI=1S/C20H26N2O7S/c1-20(2,3)29-19(26)22(4)18-21-13-14(24)15(12(10-23)27-17(13)30-18)28-16(25)11-8-6-5-7-9-11/h5-9,12-15,17,23-24H,10H2,1-4H3/t12-,13-,14-,15-,17-/m1/s1. The molecule has 1 saturated heterocycles. The SMILES string of the molecule is CN(C(=O)OC(C)(C)C)C1=N[C@@H]2[C@@H](O)[C@H](OC(=O)c3ccccc3)[C@@H](CO)O[C@@H]2S1. The molecule has 0 unspecified atom stereocenters. The molecule has 0 aliphatic carbocycles. The zero-order chi connectivity index (χ0) is 22.1. The van der Waals surface area contributed by atoms with Crippen molar-refractivity contribution in [1.82, 2.24) is 4.90 Å². The molecule has 1 fully saturated rings. The van der Waals surface area contributed by atoms with E-state index in [0.717, 1.165) is 11.8 Å². The van der Waals surface area contributed by atoms with E-state index in [0.29, 0.717) is 10.7 Å². The number of fused-ring (bicyclic) bond motifs is 1. The average molecular weight is 439 g/mol. The topological polar surface area (TPSA) is 118 Å². The Labute approximate surface area is 179 Å². The minimum Gasteiger partial charge on any atom is -0.453 e. The Morgan fingerprint density at radius 2 is 1.93 bits per heavy atom. The maximum atomic E-state index is 12.4. The highest BCUT2D eigenvalue weighted by Crippen LogP contribution is 2.38. The summed E-state index contributed by atoms with van der Waals surface area (Å²) in [6.07, 6.45) is -3.85. The van der Waals surface area contributed by atoms with E-state index in [2.05, 4.69) is 4.99 Å². The van der Waals surface area contributed by atoms with Crippen LogP contribution >= 0.6 is 11.8 Å². The monoisotopic (exact) mass is 438 g/mol. The molecule has 1 amide bonds. The molecule has 2 heterocycles. The molecule has 0 bridgehead atoms. The van der Waals surface area contributed by atoms with Gasteiger partial charge in [-0.1, -0.05) is 30.0 Å². The van der Waals surface area contributed by atoms with E-state index >= 15 is 0 Å². The minimum absolute atomic E-state index is 0.310. The fraction of sp³-hybridized carbons (Fsp3) is 0.550. The number of esters is 1. The number of aliphatic hydroxyl groups is 2. The normalized spacial score (nSPS) is 28.3. The van der Waals surface area contributed by atoms with Crippen molar-refractivity contribution in [3.8, 4) is 0 Å². The molecule has 2 aliphatic heterocycles. The summed E-state index contributed by atoms with van der Waals surface area (Å²) < 4.78 is 16.6. The van der Waals surface area contributed by atoms with Gasteiger partial charge in [0.1, 0.15) is 29.3 Å². The van der Waals surface area contributed by atoms with Gasteiger partial charge in [0, 0.05) is 7.05 Å². The van der Waals surface area contributed by atoms with Crippen molar-refractivity contribution in [1.29, 1.82) is 0 Å². The van der Waals surface area contributed by atoms with Gasteiger partial charge < -0.3 is 24.4 Å². The molecule has 5 atom stereocenters. The number of hydrogen-bond acceptors (Lipinski definition) is 9. The molecule has 30 heavy (non-hydrogen) atoms. The van der Waals surface area contributed by atoms with Crippen LogP contribution in [0.5, 0.6) is 0 Å². The molecule has 1 aromatic rings. The first kappa shape index (κ1) is 22.5. The Balaban J connectivity index is 1.74. The number of hydrogen-bond donors (Lipinski definition) is 2. The van der Waals surface area contributed by atoms with Crippen molar-refractivity contribution < 1.29 is 34.0 Å². The van der Waals surface area contributed by atoms with Crippen LogP contribution in [0.3, 0.4) is 0 Å². The van der Waals surface area contributed by atoms with Gasteiger partial charge in [0.2, 0.25) is 0 Å². The number of carbonyl (C=O) groups is 2. The van der Waals surface area contributed by atoms with Crippen LogP contribution < -0.4 is 0 Å². The Morgan fingerprint density at radius 3 is 2.53 bits per heavy atom. The second-order valence-corrected chi connectivity index (χ2v) is 9.08. The number of rotatable bonds is 3. The number of benzene rings is 1. The van der Waals surface area contributed by atoms with E-state index in [1.54, 1.807) is 51.1 Å². The zero-order valence-electron chi connectivity index (χ0n) is 17.2. The van der Waals surface area contributed by atoms with Gasteiger partial charge in [0.05, 0.1) is 12.2 Å². The summed E-state index contributed by atoms with van der Waals surface area (Å²) in [6, 6.07) is 7.57. The van der Waals surface area contributed by atoms with Crippen LogP contribution in [-0.4, -0.2) is 81.4 Å². The third-order valence-electron chi connectivity index (χ3n) is 4.51. The number of nitrogens with zero attached hydrogens (tertiary/aromatic N) is 2. The lowest BCUT2D eigenvalue weighted by atomic mass is 9.98. The second kappa shape index (κ2) is 8.93. The van der Waals surface area contributed by atoms with Gasteiger partial charge in [0.15, 0.2) is 11.3 Å². The summed E-state index contributed by atoms with van der Waals surface area (Å²) in [7, 11) is 1.51. The van der Waals surface area contributed by atoms with Crippen LogP contribution in [0.2, 0.25) is 0 Å². The van der Waals surface area contributed by atoms with Gasteiger partial charge in [-0.15, -0.1) is 0 Å². The molecular formula is C20H26N2O7S. The van der Waals surface area contributed by atoms with E-state index in [1.165, 1.54) is 11.9 Å². The summed E-state index contributed by atoms with van der Waals surface area (Å²) in [6.45, 7) is 4.82. The highest BCUT2D eigenvalue weighted by atomic mass is 32.2. The Morgan fingerprint density at radius 1 is 1.27 bits per heavy atom. The lowest BCUT2D eigenvalue weighted by molar-refractivity contribution is -0.166. The number of ether oxygens (including phenoxy) is 3. The molecule has 0 aromatic heterocycles. The molecule has 9 nitrogen and oxygen atoms in total. The van der Waals surface area contributed by atoms with Crippen LogP contribution in [0.4, 0.5) is 4.79 Å². The van der Waals surface area contributed by atoms with Crippen molar-refractivity contribution in [2.75, 3.05) is 13.7 Å². The summed E-state index contributed by atoms with van der Waals surface area (Å²) in [5.74, 6) is -0.638. The highest BCUT2D eigenvalue weighted by molar-refractivity contribution is 8.14. The fourth-order valence-electron chi connectivity index (χ4n) is 3.03. The number of amidine groups is 1. The zero-order valence-corrected chi connectivity index (χ0v) is 18.0. The van der Waals surface area contributed by atoms with Crippen LogP contribution in [0.25, 0.3) is 0 Å². The first-order valence-electron chi connectivity index (χ1n) is 9.52. The van der Waals surface area contributed by atoms with E-state index in [9.17, 15) is 19.8 Å². The van der Waals surface area contributed by atoms with Crippen molar-refractivity contribution in [2.45, 2.75) is 56.2 Å². The van der Waals surface area contributed by atoms with E-state index in [-0.39, 0.29) is 0 Å². The quantitative estimate of drug-likeness (QED) is 0.684. The van der Waals surface area contributed by atoms with Crippen LogP contribution in [-0.2, 0) is 14.2 Å². The van der Waals surface area contributed by atoms with Gasteiger partial charge in [-0.25, -0.2) is 9.59 Å². The fourth-order valence-corrected chi connectivity index (χ4v) is 4.22. The number of aliphatic hydroxyl groups excluding tert-OH is 2. The van der Waals surface area contributed by atoms with Crippen LogP contribution in [0, 0.1) is 0 Å². The number of amides is 1. The molecule has 3 rings (SSSR count). The second-order valence-electron chi connectivity index (χ2n) is 8.01. The third-order valence-corrected chi connectivity index (χ3v) is 5.72. The first-order valence-corrected chi connectivity index (χ1v) is 10.4. The summed E-state index contributed by atoms with van der Waals surface area (Å²) in [4.78, 5) is 30.4. The van der Waals surface area contributed by atoms with Gasteiger partial charge in [-0.3, -0.25) is 9.89 Å². The summed E-state index contributed by atoms with van der Waals surface area (Å²) >= 11 is 1.14. The molecule has 164 valence electrons. The summed E-state index contributed by atoms with van der Waals surface area (Å²) in [5.41, 5.74) is -0.988. The van der Waals surface area contributed by atoms with E-state index in [4.69, 9.17) is 14.2 Å². The lowest BCUT2D eigenvalue weighted by Gasteiger charge is -2.39. The Hall–Kier alpha value is -2.14. The lowest BCUT2D eigenvalue weighted by Crippen LogP contribution is -2.57. The number of thioether (sulfide) groups is 1. The average Bonchev–Trinajstić information content (AvgIpc) is 3.13. The smallest absolute Gasteiger partial charge is 0.416 e. The molecular weight excluding hydrogens is 412 g/mol. The molecule has 10 heteroatoms. The largest absolute Gasteiger partial charge is 0.453 e. The molecule has 0 saturated carbocycles. The number of carbonyl (C=O) groups excluding carboxylic acids is 2. The van der Waals surface area contributed by atoms with Crippen LogP contribution in [0.15, 0.2) is 35.3 Å². The van der Waals surface area contributed by atoms with Gasteiger partial charge in [0.25, 0.3) is 0 Å². The highest BCUT2D eigenvalue weighted by Gasteiger charge is 2.51. The third kappa shape index (κ3) is 4.94. The maximum absolute atomic E-state index is 12.4. The first-order chi connectivity index (χ1) is 14.1. The van der Waals surface area contributed by atoms with Crippen molar-refractivity contribution >= 4 is 29.0 Å². The minimum atomic E-state index is -1.22. The van der Waals surface area contributed by atoms with Crippen molar-refractivity contribution in [2.24, 2.45) is 4.99 Å². The predicted molar refractivity (Wildman–Crippen MR) is 110 cm³/mol. The van der Waals surface area contributed by atoms with E-state index < -0.39 is 54.1 Å². The van der Waals surface area contributed by atoms with Crippen LogP contribution in [0.1, 0.15) is 31.1 Å². The van der Waals surface area contributed by atoms with Crippen molar-refractivity contribution in [3.63, 3.8) is 0 Å². The molecule has 1 aromatic carbocycles.